The Morgan fingerprint density at radius 3 is 0.795 bits per heavy atom. The summed E-state index contributed by atoms with van der Waals surface area (Å²) in [6.45, 7) is 9.48. The zero-order chi connectivity index (χ0) is 31.6. The Morgan fingerprint density at radius 1 is 0.295 bits per heavy atom. The quantitative estimate of drug-likeness (QED) is 0.0646. The highest BCUT2D eigenvalue weighted by Crippen LogP contribution is 2.24. The molecule has 0 spiro atoms. The van der Waals surface area contributed by atoms with Gasteiger partial charge >= 0.3 is 0 Å². The van der Waals surface area contributed by atoms with E-state index in [4.69, 9.17) is 0 Å². The molecule has 44 heavy (non-hydrogen) atoms. The van der Waals surface area contributed by atoms with Crippen molar-refractivity contribution in [3.05, 3.63) is 12.4 Å². The Kier molecular flexibility index (Phi) is 31.7. The zero-order valence-electron chi connectivity index (χ0n) is 31.1. The Balaban J connectivity index is 2.15. The third kappa shape index (κ3) is 25.5. The van der Waals surface area contributed by atoms with Gasteiger partial charge in [-0.1, -0.05) is 213 Å². The number of nitrogens with zero attached hydrogens (tertiary/aromatic N) is 2. The molecule has 0 aliphatic carbocycles. The fourth-order valence-corrected chi connectivity index (χ4v) is 7.25. The smallest absolute Gasteiger partial charge is 0.101 e. The van der Waals surface area contributed by atoms with Gasteiger partial charge in [-0.15, -0.1) is 0 Å². The maximum atomic E-state index is 2.72. The molecule has 0 saturated heterocycles. The van der Waals surface area contributed by atoms with Gasteiger partial charge in [-0.05, 0) is 25.7 Å². The number of rotatable bonds is 36. The van der Waals surface area contributed by atoms with Crippen LogP contribution in [0.2, 0.25) is 0 Å². The van der Waals surface area contributed by atoms with E-state index < -0.39 is 0 Å². The Labute approximate surface area is 280 Å². The summed E-state index contributed by atoms with van der Waals surface area (Å²) in [6, 6.07) is 0. The van der Waals surface area contributed by atoms with Gasteiger partial charge in [0, 0.05) is 25.5 Å². The van der Waals surface area contributed by atoms with Crippen LogP contribution in [0.3, 0.4) is 0 Å². The molecule has 1 aliphatic heterocycles. The van der Waals surface area contributed by atoms with Gasteiger partial charge in [0.25, 0.3) is 0 Å². The average molecular weight is 617 g/mol. The van der Waals surface area contributed by atoms with E-state index in [2.05, 4.69) is 43.0 Å². The molecule has 0 N–H and O–H groups in total. The summed E-state index contributed by atoms with van der Waals surface area (Å²) in [5.74, 6) is 0. The second-order valence-corrected chi connectivity index (χ2v) is 14.6. The van der Waals surface area contributed by atoms with E-state index in [9.17, 15) is 0 Å². The van der Waals surface area contributed by atoms with Crippen LogP contribution < -0.4 is 0 Å². The van der Waals surface area contributed by atoms with Crippen molar-refractivity contribution in [2.75, 3.05) is 13.1 Å². The minimum absolute atomic E-state index is 0.639. The van der Waals surface area contributed by atoms with Crippen LogP contribution in [0.5, 0.6) is 0 Å². The van der Waals surface area contributed by atoms with Crippen molar-refractivity contribution >= 4 is 0 Å². The average Bonchev–Trinajstić information content (AvgIpc) is 3.42. The number of hydrogen-bond donors (Lipinski definition) is 0. The molecule has 0 bridgehead atoms. The lowest BCUT2D eigenvalue weighted by molar-refractivity contribution is 0.135. The molecule has 262 valence electrons. The summed E-state index contributed by atoms with van der Waals surface area (Å²) in [4.78, 5) is 5.43. The van der Waals surface area contributed by atoms with Gasteiger partial charge in [0.15, 0.2) is 0 Å². The van der Waals surface area contributed by atoms with Crippen molar-refractivity contribution in [1.82, 2.24) is 9.80 Å². The van der Waals surface area contributed by atoms with E-state index in [1.54, 1.807) is 0 Å². The molecule has 1 rings (SSSR count). The van der Waals surface area contributed by atoms with Gasteiger partial charge in [-0.25, -0.2) is 0 Å². The van der Waals surface area contributed by atoms with E-state index in [0.717, 1.165) is 0 Å². The molecule has 2 heteroatoms. The van der Waals surface area contributed by atoms with Crippen LogP contribution in [0.4, 0.5) is 0 Å². The lowest BCUT2D eigenvalue weighted by Gasteiger charge is -2.33. The monoisotopic (exact) mass is 617 g/mol. The SMILES string of the molecule is CCCCCCCCCCCCCCCCCCCC1N(CCCCCCCCC)C=CN1CCCCCCCCCCC. The highest BCUT2D eigenvalue weighted by atomic mass is 15.4. The lowest BCUT2D eigenvalue weighted by atomic mass is 10.0. The molecule has 2 nitrogen and oxygen atoms in total. The molecule has 0 amide bonds. The van der Waals surface area contributed by atoms with Crippen molar-refractivity contribution in [2.24, 2.45) is 0 Å². The Hall–Kier alpha value is -0.660. The van der Waals surface area contributed by atoms with Crippen LogP contribution in [0.1, 0.15) is 239 Å². The van der Waals surface area contributed by atoms with Crippen LogP contribution in [-0.2, 0) is 0 Å². The van der Waals surface area contributed by atoms with Crippen LogP contribution in [0.15, 0.2) is 12.4 Å². The van der Waals surface area contributed by atoms with Gasteiger partial charge in [-0.2, -0.15) is 0 Å². The van der Waals surface area contributed by atoms with E-state index in [1.165, 1.54) is 231 Å². The molecule has 1 unspecified atom stereocenters. The first-order valence-electron chi connectivity index (χ1n) is 21.0. The highest BCUT2D eigenvalue weighted by Gasteiger charge is 2.24. The summed E-state index contributed by atoms with van der Waals surface area (Å²) >= 11 is 0. The minimum atomic E-state index is 0.639. The molecule has 0 aromatic heterocycles. The molecule has 0 radical (unpaired) electrons. The van der Waals surface area contributed by atoms with Gasteiger partial charge < -0.3 is 9.80 Å². The maximum absolute atomic E-state index is 2.72. The van der Waals surface area contributed by atoms with E-state index >= 15 is 0 Å². The van der Waals surface area contributed by atoms with E-state index in [0.29, 0.717) is 6.17 Å². The summed E-state index contributed by atoms with van der Waals surface area (Å²) in [5, 5.41) is 0. The standard InChI is InChI=1S/C42H84N2/c1-4-7-10-13-16-18-19-20-21-22-23-24-25-26-28-31-34-37-42-43(38-35-32-29-15-12-9-6-3)40-41-44(42)39-36-33-30-27-17-14-11-8-5-2/h40-42H,4-39H2,1-3H3. The van der Waals surface area contributed by atoms with Crippen molar-refractivity contribution in [1.29, 1.82) is 0 Å². The molecule has 1 aliphatic rings. The third-order valence-corrected chi connectivity index (χ3v) is 10.3. The first-order valence-corrected chi connectivity index (χ1v) is 21.0. The van der Waals surface area contributed by atoms with E-state index in [-0.39, 0.29) is 0 Å². The summed E-state index contributed by atoms with van der Waals surface area (Å²) < 4.78 is 0. The Morgan fingerprint density at radius 2 is 0.523 bits per heavy atom. The predicted octanol–water partition coefficient (Wildman–Crippen LogP) is 14.7. The fourth-order valence-electron chi connectivity index (χ4n) is 7.25. The minimum Gasteiger partial charge on any atom is -0.356 e. The molecule has 0 saturated carbocycles. The molecule has 1 atom stereocenters. The third-order valence-electron chi connectivity index (χ3n) is 10.3. The topological polar surface area (TPSA) is 6.48 Å². The van der Waals surface area contributed by atoms with Crippen LogP contribution in [0, 0.1) is 0 Å². The first-order chi connectivity index (χ1) is 21.8. The van der Waals surface area contributed by atoms with Crippen molar-refractivity contribution in [3.8, 4) is 0 Å². The molecular weight excluding hydrogens is 532 g/mol. The normalized spacial score (nSPS) is 14.8. The van der Waals surface area contributed by atoms with Gasteiger partial charge in [-0.3, -0.25) is 0 Å². The van der Waals surface area contributed by atoms with Crippen LogP contribution in [-0.4, -0.2) is 29.1 Å². The van der Waals surface area contributed by atoms with Gasteiger partial charge in [0.2, 0.25) is 0 Å². The first kappa shape index (κ1) is 41.4. The molecule has 0 fully saturated rings. The maximum Gasteiger partial charge on any atom is 0.101 e. The number of unbranched alkanes of at least 4 members (excludes halogenated alkanes) is 30. The second kappa shape index (κ2) is 33.7. The predicted molar refractivity (Wildman–Crippen MR) is 200 cm³/mol. The summed E-state index contributed by atoms with van der Waals surface area (Å²) in [5.41, 5.74) is 0. The zero-order valence-corrected chi connectivity index (χ0v) is 31.1. The van der Waals surface area contributed by atoms with Crippen molar-refractivity contribution in [3.63, 3.8) is 0 Å². The lowest BCUT2D eigenvalue weighted by Crippen LogP contribution is -2.39. The highest BCUT2D eigenvalue weighted by molar-refractivity contribution is 4.97. The summed E-state index contributed by atoms with van der Waals surface area (Å²) in [6.07, 6.45) is 54.4. The fraction of sp³-hybridized carbons (Fsp3) is 0.952. The van der Waals surface area contributed by atoms with E-state index in [1.807, 2.05) is 0 Å². The molecular formula is C42H84N2. The molecule has 0 aromatic carbocycles. The number of hydrogen-bond acceptors (Lipinski definition) is 2. The largest absolute Gasteiger partial charge is 0.356 e. The van der Waals surface area contributed by atoms with Gasteiger partial charge in [0.1, 0.15) is 6.17 Å². The second-order valence-electron chi connectivity index (χ2n) is 14.6. The van der Waals surface area contributed by atoms with Crippen LogP contribution in [0.25, 0.3) is 0 Å². The Bertz CT molecular complexity index is 572. The van der Waals surface area contributed by atoms with Crippen LogP contribution >= 0.6 is 0 Å². The molecule has 1 heterocycles. The van der Waals surface area contributed by atoms with Gasteiger partial charge in [0.05, 0.1) is 0 Å². The van der Waals surface area contributed by atoms with Crippen molar-refractivity contribution < 1.29 is 0 Å². The molecule has 0 aromatic rings. The summed E-state index contributed by atoms with van der Waals surface area (Å²) in [7, 11) is 0. The van der Waals surface area contributed by atoms with Crippen molar-refractivity contribution in [2.45, 2.75) is 245 Å².